The molecule has 0 aromatic heterocycles. The van der Waals surface area contributed by atoms with Crippen molar-refractivity contribution in [3.05, 3.63) is 35.4 Å². The molecule has 1 saturated carbocycles. The Morgan fingerprint density at radius 2 is 2.04 bits per heavy atom. The summed E-state index contributed by atoms with van der Waals surface area (Å²) in [6.07, 6.45) is 5.87. The lowest BCUT2D eigenvalue weighted by Crippen LogP contribution is -2.47. The van der Waals surface area contributed by atoms with Crippen molar-refractivity contribution < 1.29 is 14.4 Å². The van der Waals surface area contributed by atoms with Gasteiger partial charge in [-0.25, -0.2) is 0 Å². The van der Waals surface area contributed by atoms with E-state index < -0.39 is 5.41 Å². The number of aryl methyl sites for hydroxylation is 1. The lowest BCUT2D eigenvalue weighted by molar-refractivity contribution is -0.161. The summed E-state index contributed by atoms with van der Waals surface area (Å²) in [5, 5.41) is 4.37. The van der Waals surface area contributed by atoms with Gasteiger partial charge in [0.15, 0.2) is 0 Å². The van der Waals surface area contributed by atoms with E-state index in [4.69, 9.17) is 9.57 Å². The summed E-state index contributed by atoms with van der Waals surface area (Å²) >= 11 is 0. The molecule has 5 heteroatoms. The SMILES string of the molecule is CCOC(=O)C1(C[C@H]2CC(c3ccccc3C)=NO2)CCN(CC2CC2)CC1. The molecule has 0 bridgehead atoms. The minimum absolute atomic E-state index is 0.0472. The Morgan fingerprint density at radius 3 is 2.71 bits per heavy atom. The van der Waals surface area contributed by atoms with Crippen molar-refractivity contribution >= 4 is 11.7 Å². The predicted octanol–water partition coefficient (Wildman–Crippen LogP) is 3.93. The molecule has 4 rings (SSSR count). The number of rotatable bonds is 7. The molecule has 5 nitrogen and oxygen atoms in total. The zero-order valence-electron chi connectivity index (χ0n) is 17.2. The maximum absolute atomic E-state index is 12.9. The highest BCUT2D eigenvalue weighted by Gasteiger charge is 2.46. The van der Waals surface area contributed by atoms with Crippen molar-refractivity contribution in [1.82, 2.24) is 4.90 Å². The van der Waals surface area contributed by atoms with Crippen LogP contribution in [0.25, 0.3) is 0 Å². The Labute approximate surface area is 168 Å². The maximum Gasteiger partial charge on any atom is 0.312 e. The van der Waals surface area contributed by atoms with E-state index in [1.165, 1.54) is 24.9 Å². The number of hydrogen-bond donors (Lipinski definition) is 0. The number of nitrogens with zero attached hydrogens (tertiary/aromatic N) is 2. The van der Waals surface area contributed by atoms with Gasteiger partial charge in [-0.2, -0.15) is 0 Å². The molecule has 152 valence electrons. The van der Waals surface area contributed by atoms with E-state index in [1.807, 2.05) is 19.1 Å². The molecule has 1 atom stereocenters. The number of carbonyl (C=O) groups is 1. The first kappa shape index (κ1) is 19.4. The summed E-state index contributed by atoms with van der Waals surface area (Å²) in [6.45, 7) is 7.57. The molecule has 0 N–H and O–H groups in total. The normalized spacial score (nSPS) is 24.5. The lowest BCUT2D eigenvalue weighted by atomic mass is 9.73. The molecule has 1 aromatic rings. The van der Waals surface area contributed by atoms with Gasteiger partial charge in [-0.3, -0.25) is 4.79 Å². The number of oxime groups is 1. The number of piperidine rings is 1. The minimum atomic E-state index is -0.433. The van der Waals surface area contributed by atoms with Gasteiger partial charge in [-0.1, -0.05) is 29.4 Å². The van der Waals surface area contributed by atoms with E-state index >= 15 is 0 Å². The number of likely N-dealkylation sites (tertiary alicyclic amines) is 1. The van der Waals surface area contributed by atoms with E-state index in [0.717, 1.165) is 49.5 Å². The zero-order chi connectivity index (χ0) is 19.6. The first-order chi connectivity index (χ1) is 13.6. The van der Waals surface area contributed by atoms with Crippen LogP contribution in [0.5, 0.6) is 0 Å². The fourth-order valence-electron chi connectivity index (χ4n) is 4.63. The maximum atomic E-state index is 12.9. The molecule has 0 amide bonds. The zero-order valence-corrected chi connectivity index (χ0v) is 17.2. The Hall–Kier alpha value is -1.88. The predicted molar refractivity (Wildman–Crippen MR) is 109 cm³/mol. The fraction of sp³-hybridized carbons (Fsp3) is 0.652. The number of ether oxygens (including phenoxy) is 1. The average molecular weight is 385 g/mol. The van der Waals surface area contributed by atoms with Crippen LogP contribution in [0, 0.1) is 18.3 Å². The molecule has 1 aromatic carbocycles. The van der Waals surface area contributed by atoms with Crippen molar-refractivity contribution in [3.63, 3.8) is 0 Å². The first-order valence-electron chi connectivity index (χ1n) is 10.8. The van der Waals surface area contributed by atoms with Crippen LogP contribution >= 0.6 is 0 Å². The van der Waals surface area contributed by atoms with E-state index in [0.29, 0.717) is 13.0 Å². The van der Waals surface area contributed by atoms with Gasteiger partial charge < -0.3 is 14.5 Å². The van der Waals surface area contributed by atoms with Crippen molar-refractivity contribution in [2.24, 2.45) is 16.5 Å². The molecule has 2 heterocycles. The van der Waals surface area contributed by atoms with Crippen molar-refractivity contribution in [3.8, 4) is 0 Å². The third kappa shape index (κ3) is 4.24. The lowest BCUT2D eigenvalue weighted by Gasteiger charge is -2.40. The highest BCUT2D eigenvalue weighted by atomic mass is 16.6. The first-order valence-corrected chi connectivity index (χ1v) is 10.8. The molecule has 2 aliphatic heterocycles. The summed E-state index contributed by atoms with van der Waals surface area (Å²) in [7, 11) is 0. The van der Waals surface area contributed by atoms with E-state index in [-0.39, 0.29) is 12.1 Å². The number of carbonyl (C=O) groups excluding carboxylic acids is 1. The van der Waals surface area contributed by atoms with Gasteiger partial charge in [0.1, 0.15) is 6.10 Å². The molecule has 0 radical (unpaired) electrons. The van der Waals surface area contributed by atoms with Crippen molar-refractivity contribution in [1.29, 1.82) is 0 Å². The van der Waals surface area contributed by atoms with Crippen LogP contribution in [0.3, 0.4) is 0 Å². The Morgan fingerprint density at radius 1 is 1.29 bits per heavy atom. The Kier molecular flexibility index (Phi) is 5.72. The summed E-state index contributed by atoms with van der Waals surface area (Å²) in [6, 6.07) is 8.27. The highest BCUT2D eigenvalue weighted by molar-refractivity contribution is 6.02. The number of benzene rings is 1. The van der Waals surface area contributed by atoms with Gasteiger partial charge in [-0.15, -0.1) is 0 Å². The van der Waals surface area contributed by atoms with Crippen LogP contribution in [-0.4, -0.2) is 48.9 Å². The third-order valence-corrected chi connectivity index (χ3v) is 6.54. The van der Waals surface area contributed by atoms with Gasteiger partial charge >= 0.3 is 5.97 Å². The number of esters is 1. The molecule has 0 spiro atoms. The molecule has 28 heavy (non-hydrogen) atoms. The van der Waals surface area contributed by atoms with Crippen LogP contribution in [-0.2, 0) is 14.4 Å². The van der Waals surface area contributed by atoms with E-state index in [9.17, 15) is 4.79 Å². The van der Waals surface area contributed by atoms with Crippen LogP contribution in [0.15, 0.2) is 29.4 Å². The molecular formula is C23H32N2O3. The standard InChI is InChI=1S/C23H32N2O3/c1-3-27-22(26)23(10-12-25(13-11-23)16-18-8-9-18)15-19-14-21(24-28-19)20-7-5-4-6-17(20)2/h4-7,18-19H,3,8-16H2,1-2H3/t19-/m1/s1. The molecule has 1 saturated heterocycles. The van der Waals surface area contributed by atoms with E-state index in [2.05, 4.69) is 29.1 Å². The fourth-order valence-corrected chi connectivity index (χ4v) is 4.63. The van der Waals surface area contributed by atoms with Crippen LogP contribution in [0.1, 0.15) is 56.6 Å². The quantitative estimate of drug-likeness (QED) is 0.669. The second kappa shape index (κ2) is 8.24. The molecular weight excluding hydrogens is 352 g/mol. The average Bonchev–Trinajstić information content (AvgIpc) is 3.40. The molecule has 3 aliphatic rings. The van der Waals surface area contributed by atoms with Gasteiger partial charge in [0.05, 0.1) is 17.7 Å². The van der Waals surface area contributed by atoms with Gasteiger partial charge in [-0.05, 0) is 64.1 Å². The van der Waals surface area contributed by atoms with Gasteiger partial charge in [0.25, 0.3) is 0 Å². The molecule has 0 unspecified atom stereocenters. The van der Waals surface area contributed by atoms with Gasteiger partial charge in [0, 0.05) is 24.9 Å². The van der Waals surface area contributed by atoms with Gasteiger partial charge in [0.2, 0.25) is 0 Å². The Balaban J connectivity index is 1.41. The van der Waals surface area contributed by atoms with Crippen LogP contribution in [0.2, 0.25) is 0 Å². The Bertz CT molecular complexity index is 733. The van der Waals surface area contributed by atoms with Crippen LogP contribution < -0.4 is 0 Å². The molecule has 1 aliphatic carbocycles. The largest absolute Gasteiger partial charge is 0.466 e. The smallest absolute Gasteiger partial charge is 0.312 e. The summed E-state index contributed by atoms with van der Waals surface area (Å²) in [5.74, 6) is 0.840. The third-order valence-electron chi connectivity index (χ3n) is 6.54. The minimum Gasteiger partial charge on any atom is -0.466 e. The summed E-state index contributed by atoms with van der Waals surface area (Å²) < 4.78 is 5.50. The van der Waals surface area contributed by atoms with E-state index in [1.54, 1.807) is 0 Å². The monoisotopic (exact) mass is 384 g/mol. The van der Waals surface area contributed by atoms with Crippen LogP contribution in [0.4, 0.5) is 0 Å². The highest BCUT2D eigenvalue weighted by Crippen LogP contribution is 2.41. The topological polar surface area (TPSA) is 51.1 Å². The van der Waals surface area contributed by atoms with Crippen molar-refractivity contribution in [2.45, 2.75) is 58.5 Å². The van der Waals surface area contributed by atoms with Crippen molar-refractivity contribution in [2.75, 3.05) is 26.2 Å². The second-order valence-electron chi connectivity index (χ2n) is 8.73. The second-order valence-corrected chi connectivity index (χ2v) is 8.73. The number of hydrogen-bond acceptors (Lipinski definition) is 5. The summed E-state index contributed by atoms with van der Waals surface area (Å²) in [5.41, 5.74) is 2.92. The molecule has 2 fully saturated rings. The summed E-state index contributed by atoms with van der Waals surface area (Å²) in [4.78, 5) is 21.2.